The second-order valence-electron chi connectivity index (χ2n) is 20.0. The molecular formula is C61H66ClN4NaO9. The zero-order valence-corrected chi connectivity index (χ0v) is 46.1. The molecule has 12 rings (SSSR count). The van der Waals surface area contributed by atoms with Crippen LogP contribution >= 0.6 is 11.6 Å². The van der Waals surface area contributed by atoms with Gasteiger partial charge in [-0.1, -0.05) is 158 Å². The number of fused-ring (bicyclic) bond motifs is 6. The summed E-state index contributed by atoms with van der Waals surface area (Å²) in [5, 5.41) is 11.9. The Kier molecular flexibility index (Phi) is 20.7. The number of likely N-dealkylation sites (tertiary alicyclic amines) is 2. The quantitative estimate of drug-likeness (QED) is 0.0552. The third-order valence-electron chi connectivity index (χ3n) is 15.4. The Bertz CT molecular complexity index is 2710. The van der Waals surface area contributed by atoms with E-state index in [2.05, 4.69) is 153 Å². The molecule has 0 atom stereocenters. The van der Waals surface area contributed by atoms with Crippen LogP contribution in [0.25, 0.3) is 22.3 Å². The normalized spacial score (nSPS) is 18.0. The standard InChI is InChI=1S/C30H32N2O3.C15H11ClO2.C15H22N2O.CH2O3.Na/c33-29(34-21-28-26-12-6-4-10-24(26)25-11-5-7-13-27(25)28)32-18-19-35-30(22-32)14-16-31(17-15-30)20-23-8-2-1-3-9-23;16-15(17)18-9-14-12-7-3-1-5-10(12)11-6-2-4-8-13(11)14;1-2-4-14(5-3-1)12-17-9-6-15(7-10-17)13-16-8-11-18-15;2-1-4-3;/h1-13,28H,14-22H2;1-8,14H,9H2;1-5,16H,6-13H2;1,3H;/q;;;;+1/p-1. The summed E-state index contributed by atoms with van der Waals surface area (Å²) in [5.41, 5.74) is 11.7. The zero-order chi connectivity index (χ0) is 51.9. The number of nitrogens with zero attached hydrogens (tertiary/aromatic N) is 3. The van der Waals surface area contributed by atoms with Gasteiger partial charge in [-0.15, -0.1) is 0 Å². The summed E-state index contributed by atoms with van der Waals surface area (Å²) in [6.45, 7) is 11.5. The maximum Gasteiger partial charge on any atom is 1.00 e. The van der Waals surface area contributed by atoms with E-state index in [4.69, 9.17) is 40.6 Å². The third-order valence-corrected chi connectivity index (χ3v) is 15.5. The van der Waals surface area contributed by atoms with Crippen molar-refractivity contribution in [3.8, 4) is 22.3 Å². The number of hydrogen-bond donors (Lipinski definition) is 1. The van der Waals surface area contributed by atoms with Gasteiger partial charge < -0.3 is 39.3 Å². The molecule has 2 spiro atoms. The Labute approximate surface area is 473 Å². The van der Waals surface area contributed by atoms with Crippen molar-refractivity contribution in [3.63, 3.8) is 0 Å². The first-order valence-corrected chi connectivity index (χ1v) is 26.5. The average molecular weight is 1060 g/mol. The van der Waals surface area contributed by atoms with Crippen LogP contribution in [0.3, 0.4) is 0 Å². The predicted molar refractivity (Wildman–Crippen MR) is 287 cm³/mol. The molecule has 0 unspecified atom stereocenters. The largest absolute Gasteiger partial charge is 1.00 e. The van der Waals surface area contributed by atoms with Gasteiger partial charge in [-0.25, -0.2) is 9.59 Å². The molecule has 4 aliphatic heterocycles. The van der Waals surface area contributed by atoms with Crippen molar-refractivity contribution in [2.24, 2.45) is 0 Å². The first-order chi connectivity index (χ1) is 36.8. The number of ether oxygens (including phenoxy) is 4. The molecule has 0 aromatic heterocycles. The number of rotatable bonds is 9. The van der Waals surface area contributed by atoms with E-state index in [0.29, 0.717) is 26.3 Å². The molecule has 6 aromatic carbocycles. The number of piperidine rings is 2. The van der Waals surface area contributed by atoms with Crippen LogP contribution in [0.5, 0.6) is 0 Å². The van der Waals surface area contributed by atoms with E-state index in [1.807, 2.05) is 29.2 Å². The van der Waals surface area contributed by atoms with Crippen LogP contribution in [-0.4, -0.2) is 123 Å². The summed E-state index contributed by atoms with van der Waals surface area (Å²) in [6.07, 6.45) is 3.97. The number of carbonyl (C=O) groups excluding carboxylic acids is 3. The zero-order valence-electron chi connectivity index (χ0n) is 43.4. The monoisotopic (exact) mass is 1060 g/mol. The summed E-state index contributed by atoms with van der Waals surface area (Å²) in [4.78, 5) is 42.1. The Balaban J connectivity index is 0.000000157. The summed E-state index contributed by atoms with van der Waals surface area (Å²) in [7, 11) is 0. The van der Waals surface area contributed by atoms with Gasteiger partial charge in [0.05, 0.1) is 31.0 Å². The Hall–Kier alpha value is -5.42. The molecule has 4 fully saturated rings. The molecule has 15 heteroatoms. The van der Waals surface area contributed by atoms with Crippen LogP contribution in [0.15, 0.2) is 158 Å². The average Bonchev–Trinajstić information content (AvgIpc) is 3.97. The van der Waals surface area contributed by atoms with Crippen molar-refractivity contribution >= 4 is 29.6 Å². The van der Waals surface area contributed by atoms with Gasteiger partial charge >= 0.3 is 41.1 Å². The fourth-order valence-corrected chi connectivity index (χ4v) is 11.6. The van der Waals surface area contributed by atoms with Gasteiger partial charge in [0, 0.05) is 82.3 Å². The van der Waals surface area contributed by atoms with Crippen molar-refractivity contribution in [3.05, 3.63) is 191 Å². The van der Waals surface area contributed by atoms with E-state index in [-0.39, 0.29) is 71.8 Å². The van der Waals surface area contributed by atoms with Gasteiger partial charge in [0.25, 0.3) is 6.47 Å². The minimum Gasteiger partial charge on any atom is -0.662 e. The summed E-state index contributed by atoms with van der Waals surface area (Å²) in [6, 6.07) is 54.6. The van der Waals surface area contributed by atoms with Crippen LogP contribution in [0.1, 0.15) is 70.9 Å². The van der Waals surface area contributed by atoms with Crippen LogP contribution < -0.4 is 40.1 Å². The molecule has 0 bridgehead atoms. The molecule has 4 heterocycles. The fraction of sp³-hybridized carbons (Fsp3) is 0.361. The number of carbonyl (C=O) groups is 3. The molecular weight excluding hydrogens is 991 g/mol. The van der Waals surface area contributed by atoms with Crippen molar-refractivity contribution < 1.29 is 73.0 Å². The predicted octanol–water partition coefficient (Wildman–Crippen LogP) is 6.56. The molecule has 2 aliphatic carbocycles. The van der Waals surface area contributed by atoms with Crippen LogP contribution in [-0.2, 0) is 41.7 Å². The Morgan fingerprint density at radius 2 is 0.974 bits per heavy atom. The van der Waals surface area contributed by atoms with Gasteiger partial charge in [-0.2, -0.15) is 0 Å². The van der Waals surface area contributed by atoms with E-state index in [1.54, 1.807) is 0 Å². The molecule has 392 valence electrons. The van der Waals surface area contributed by atoms with E-state index in [0.717, 1.165) is 84.6 Å². The molecule has 0 radical (unpaired) electrons. The van der Waals surface area contributed by atoms with Gasteiger partial charge in [-0.05, 0) is 81.3 Å². The molecule has 13 nitrogen and oxygen atoms in total. The molecule has 1 N–H and O–H groups in total. The van der Waals surface area contributed by atoms with Gasteiger partial charge in [0.1, 0.15) is 13.2 Å². The van der Waals surface area contributed by atoms with Crippen molar-refractivity contribution in [1.82, 2.24) is 20.0 Å². The van der Waals surface area contributed by atoms with Gasteiger partial charge in [-0.3, -0.25) is 14.6 Å². The van der Waals surface area contributed by atoms with E-state index < -0.39 is 5.43 Å². The summed E-state index contributed by atoms with van der Waals surface area (Å²) >= 11 is 5.25. The Morgan fingerprint density at radius 3 is 1.38 bits per heavy atom. The van der Waals surface area contributed by atoms with Crippen molar-refractivity contribution in [2.45, 2.75) is 61.8 Å². The fourth-order valence-electron chi connectivity index (χ4n) is 11.5. The second kappa shape index (κ2) is 27.8. The molecule has 0 saturated carbocycles. The minimum atomic E-state index is -0.753. The number of nitrogens with one attached hydrogen (secondary N) is 1. The van der Waals surface area contributed by atoms with Gasteiger partial charge in [0.2, 0.25) is 0 Å². The first-order valence-electron chi connectivity index (χ1n) is 26.1. The third kappa shape index (κ3) is 14.4. The molecule has 6 aromatic rings. The first kappa shape index (κ1) is 56.8. The number of morpholine rings is 2. The van der Waals surface area contributed by atoms with Crippen LogP contribution in [0.4, 0.5) is 9.59 Å². The number of amides is 1. The molecule has 1 amide bonds. The number of hydrogen-bond acceptors (Lipinski definition) is 12. The van der Waals surface area contributed by atoms with Crippen molar-refractivity contribution in [1.29, 1.82) is 0 Å². The summed E-state index contributed by atoms with van der Waals surface area (Å²) in [5.74, 6) is 0.169. The van der Waals surface area contributed by atoms with Crippen LogP contribution in [0, 0.1) is 0 Å². The van der Waals surface area contributed by atoms with Crippen LogP contribution in [0.2, 0.25) is 0 Å². The van der Waals surface area contributed by atoms with Crippen molar-refractivity contribution in [2.75, 3.05) is 78.8 Å². The van der Waals surface area contributed by atoms with E-state index in [1.165, 1.54) is 55.6 Å². The topological polar surface area (TPSA) is 142 Å². The minimum absolute atomic E-state index is 0. The molecule has 76 heavy (non-hydrogen) atoms. The maximum atomic E-state index is 13.1. The maximum absolute atomic E-state index is 13.1. The van der Waals surface area contributed by atoms with Gasteiger partial charge in [0.15, 0.2) is 0 Å². The summed E-state index contributed by atoms with van der Waals surface area (Å²) < 4.78 is 23.2. The number of halogens is 1. The Morgan fingerprint density at radius 1 is 0.579 bits per heavy atom. The smallest absolute Gasteiger partial charge is 0.662 e. The van der Waals surface area contributed by atoms with E-state index in [9.17, 15) is 9.59 Å². The SMILES string of the molecule is O=C(Cl)OCC1c2ccccc2-c2ccccc21.O=C(OCC1c2ccccc2-c2ccccc21)N1CCOC2(CCN(Cc3ccccc3)CC2)C1.O=CO[O-].[Na+].c1ccc(CN2CCC3(CC2)CNCCO3)cc1. The molecule has 4 saturated heterocycles. The number of benzene rings is 6. The van der Waals surface area contributed by atoms with E-state index >= 15 is 0 Å². The second-order valence-corrected chi connectivity index (χ2v) is 20.3. The molecule has 6 aliphatic rings.